The van der Waals surface area contributed by atoms with Crippen molar-refractivity contribution in [2.45, 2.75) is 12.8 Å². The van der Waals surface area contributed by atoms with Gasteiger partial charge in [0, 0.05) is 17.1 Å². The Balaban J connectivity index is 1.93. The highest BCUT2D eigenvalue weighted by atomic mass is 19.3. The molecular weight excluding hydrogens is 238 g/mol. The Morgan fingerprint density at radius 3 is 2.78 bits per heavy atom. The Morgan fingerprint density at radius 2 is 2.11 bits per heavy atom. The fourth-order valence-electron chi connectivity index (χ4n) is 2.24. The lowest BCUT2D eigenvalue weighted by Crippen LogP contribution is -2.58. The van der Waals surface area contributed by atoms with Crippen LogP contribution in [-0.2, 0) is 0 Å². The van der Waals surface area contributed by atoms with Crippen LogP contribution in [0, 0.1) is 6.92 Å². The second kappa shape index (κ2) is 3.54. The van der Waals surface area contributed by atoms with E-state index >= 15 is 0 Å². The van der Waals surface area contributed by atoms with Gasteiger partial charge in [-0.1, -0.05) is 12.1 Å². The number of nitrogens with zero attached hydrogens (tertiary/aromatic N) is 1. The molecule has 2 heterocycles. The predicted molar refractivity (Wildman–Crippen MR) is 63.9 cm³/mol. The monoisotopic (exact) mass is 250 g/mol. The molecule has 1 aliphatic rings. The quantitative estimate of drug-likeness (QED) is 0.829. The van der Waals surface area contributed by atoms with Crippen LogP contribution in [0.1, 0.15) is 15.9 Å². The van der Waals surface area contributed by atoms with Crippen molar-refractivity contribution in [1.82, 2.24) is 9.88 Å². The zero-order valence-corrected chi connectivity index (χ0v) is 9.84. The van der Waals surface area contributed by atoms with E-state index in [1.54, 1.807) is 6.20 Å². The van der Waals surface area contributed by atoms with E-state index < -0.39 is 19.0 Å². The van der Waals surface area contributed by atoms with E-state index in [-0.39, 0.29) is 5.91 Å². The van der Waals surface area contributed by atoms with E-state index in [0.717, 1.165) is 16.5 Å². The summed E-state index contributed by atoms with van der Waals surface area (Å²) in [4.78, 5) is 16.2. The molecule has 0 atom stereocenters. The van der Waals surface area contributed by atoms with Gasteiger partial charge in [0.15, 0.2) is 0 Å². The Labute approximate surface area is 102 Å². The summed E-state index contributed by atoms with van der Waals surface area (Å²) in [6, 6.07) is 5.67. The summed E-state index contributed by atoms with van der Waals surface area (Å²) in [7, 11) is 0. The van der Waals surface area contributed by atoms with Gasteiger partial charge in [-0.2, -0.15) is 0 Å². The van der Waals surface area contributed by atoms with E-state index in [2.05, 4.69) is 4.98 Å². The van der Waals surface area contributed by atoms with Crippen molar-refractivity contribution in [2.75, 3.05) is 13.1 Å². The normalized spacial score (nSPS) is 17.8. The number of likely N-dealkylation sites (tertiary alicyclic amines) is 1. The summed E-state index contributed by atoms with van der Waals surface area (Å²) >= 11 is 0. The lowest BCUT2D eigenvalue weighted by molar-refractivity contribution is -0.113. The number of nitrogens with one attached hydrogen (secondary N) is 1. The maximum Gasteiger partial charge on any atom is 0.282 e. The number of H-pyrrole nitrogens is 1. The minimum absolute atomic E-state index is 0.337. The van der Waals surface area contributed by atoms with E-state index in [0.29, 0.717) is 5.56 Å². The number of aromatic nitrogens is 1. The molecule has 0 radical (unpaired) electrons. The Hall–Kier alpha value is -1.91. The molecule has 18 heavy (non-hydrogen) atoms. The van der Waals surface area contributed by atoms with Crippen molar-refractivity contribution < 1.29 is 13.6 Å². The highest BCUT2D eigenvalue weighted by Gasteiger charge is 2.46. The van der Waals surface area contributed by atoms with Crippen LogP contribution in [0.25, 0.3) is 10.9 Å². The van der Waals surface area contributed by atoms with Gasteiger partial charge < -0.3 is 9.88 Å². The van der Waals surface area contributed by atoms with Gasteiger partial charge in [0.25, 0.3) is 11.8 Å². The first-order valence-electron chi connectivity index (χ1n) is 5.71. The van der Waals surface area contributed by atoms with Crippen LogP contribution in [0.5, 0.6) is 0 Å². The van der Waals surface area contributed by atoms with Gasteiger partial charge in [0.2, 0.25) is 0 Å². The van der Waals surface area contributed by atoms with Gasteiger partial charge in [-0.25, -0.2) is 8.78 Å². The van der Waals surface area contributed by atoms with E-state index in [1.165, 1.54) is 4.90 Å². The smallest absolute Gasteiger partial charge is 0.282 e. The highest BCUT2D eigenvalue weighted by molar-refractivity contribution is 6.07. The third kappa shape index (κ3) is 1.66. The molecule has 1 amide bonds. The van der Waals surface area contributed by atoms with Crippen LogP contribution in [-0.4, -0.2) is 34.8 Å². The SMILES string of the molecule is Cc1ccc2c(C(=O)N3CC(F)(F)C3)c[nH]c2c1. The van der Waals surface area contributed by atoms with Gasteiger partial charge in [-0.3, -0.25) is 4.79 Å². The van der Waals surface area contributed by atoms with Crippen LogP contribution in [0.2, 0.25) is 0 Å². The molecule has 3 rings (SSSR count). The number of amides is 1. The van der Waals surface area contributed by atoms with Gasteiger partial charge >= 0.3 is 0 Å². The van der Waals surface area contributed by atoms with Crippen LogP contribution in [0.3, 0.4) is 0 Å². The van der Waals surface area contributed by atoms with Gasteiger partial charge in [-0.15, -0.1) is 0 Å². The molecule has 0 unspecified atom stereocenters. The Bertz CT molecular complexity index is 625. The van der Waals surface area contributed by atoms with Crippen molar-refractivity contribution in [3.63, 3.8) is 0 Å². The first kappa shape index (κ1) is 11.2. The lowest BCUT2D eigenvalue weighted by atomic mass is 10.1. The summed E-state index contributed by atoms with van der Waals surface area (Å²) in [6.07, 6.45) is 1.59. The standard InChI is InChI=1S/C13H12F2N2O/c1-8-2-3-9-10(5-16-11(9)4-8)12(18)17-6-13(14,15)7-17/h2-5,16H,6-7H2,1H3. The van der Waals surface area contributed by atoms with Crippen molar-refractivity contribution in [3.05, 3.63) is 35.5 Å². The number of alkyl halides is 2. The van der Waals surface area contributed by atoms with Gasteiger partial charge in [-0.05, 0) is 18.6 Å². The molecule has 5 heteroatoms. The molecule has 1 aromatic heterocycles. The molecule has 0 bridgehead atoms. The average molecular weight is 250 g/mol. The fraction of sp³-hybridized carbons (Fsp3) is 0.308. The Kier molecular flexibility index (Phi) is 2.20. The highest BCUT2D eigenvalue weighted by Crippen LogP contribution is 2.29. The zero-order valence-electron chi connectivity index (χ0n) is 9.84. The van der Waals surface area contributed by atoms with Crippen LogP contribution >= 0.6 is 0 Å². The predicted octanol–water partition coefficient (Wildman–Crippen LogP) is 2.57. The molecule has 0 aliphatic carbocycles. The number of hydrogen-bond acceptors (Lipinski definition) is 1. The number of rotatable bonds is 1. The number of fused-ring (bicyclic) bond motifs is 1. The molecule has 1 N–H and O–H groups in total. The van der Waals surface area contributed by atoms with Crippen molar-refractivity contribution >= 4 is 16.8 Å². The number of hydrogen-bond donors (Lipinski definition) is 1. The lowest BCUT2D eigenvalue weighted by Gasteiger charge is -2.38. The van der Waals surface area contributed by atoms with Crippen LogP contribution < -0.4 is 0 Å². The van der Waals surface area contributed by atoms with Crippen LogP contribution in [0.15, 0.2) is 24.4 Å². The van der Waals surface area contributed by atoms with Crippen LogP contribution in [0.4, 0.5) is 8.78 Å². The summed E-state index contributed by atoms with van der Waals surface area (Å²) in [6.45, 7) is 0.993. The molecule has 0 saturated carbocycles. The molecule has 1 saturated heterocycles. The number of benzene rings is 1. The second-order valence-electron chi connectivity index (χ2n) is 4.77. The van der Waals surface area contributed by atoms with E-state index in [4.69, 9.17) is 0 Å². The third-order valence-electron chi connectivity index (χ3n) is 3.20. The van der Waals surface area contributed by atoms with E-state index in [1.807, 2.05) is 25.1 Å². The third-order valence-corrected chi connectivity index (χ3v) is 3.20. The fourth-order valence-corrected chi connectivity index (χ4v) is 2.24. The maximum atomic E-state index is 12.8. The van der Waals surface area contributed by atoms with Gasteiger partial charge in [0.1, 0.15) is 0 Å². The molecule has 1 aliphatic heterocycles. The summed E-state index contributed by atoms with van der Waals surface area (Å²) < 4.78 is 25.5. The summed E-state index contributed by atoms with van der Waals surface area (Å²) in [5.41, 5.74) is 2.39. The maximum absolute atomic E-state index is 12.8. The minimum Gasteiger partial charge on any atom is -0.360 e. The second-order valence-corrected chi connectivity index (χ2v) is 4.77. The minimum atomic E-state index is -2.72. The summed E-state index contributed by atoms with van der Waals surface area (Å²) in [5.74, 6) is -3.06. The summed E-state index contributed by atoms with van der Waals surface area (Å²) in [5, 5.41) is 0.779. The molecular formula is C13H12F2N2O. The number of carbonyl (C=O) groups is 1. The number of aromatic amines is 1. The number of carbonyl (C=O) groups excluding carboxylic acids is 1. The number of aryl methyl sites for hydroxylation is 1. The zero-order chi connectivity index (χ0) is 12.9. The van der Waals surface area contributed by atoms with Gasteiger partial charge in [0.05, 0.1) is 18.7 Å². The van der Waals surface area contributed by atoms with Crippen molar-refractivity contribution in [2.24, 2.45) is 0 Å². The van der Waals surface area contributed by atoms with Crippen molar-refractivity contribution in [3.8, 4) is 0 Å². The molecule has 94 valence electrons. The molecule has 3 nitrogen and oxygen atoms in total. The molecule has 1 aromatic carbocycles. The number of halogens is 2. The van der Waals surface area contributed by atoms with E-state index in [9.17, 15) is 13.6 Å². The Morgan fingerprint density at radius 1 is 1.39 bits per heavy atom. The molecule has 0 spiro atoms. The first-order valence-corrected chi connectivity index (χ1v) is 5.71. The largest absolute Gasteiger partial charge is 0.360 e. The first-order chi connectivity index (χ1) is 8.46. The van der Waals surface area contributed by atoms with Crippen molar-refractivity contribution in [1.29, 1.82) is 0 Å². The molecule has 1 fully saturated rings. The topological polar surface area (TPSA) is 36.1 Å². The molecule has 2 aromatic rings. The average Bonchev–Trinajstić information content (AvgIpc) is 2.67.